The van der Waals surface area contributed by atoms with E-state index in [1.54, 1.807) is 12.1 Å². The summed E-state index contributed by atoms with van der Waals surface area (Å²) in [7, 11) is 0. The Kier molecular flexibility index (Phi) is 5.97. The molecule has 0 bridgehead atoms. The third-order valence-corrected chi connectivity index (χ3v) is 4.29. The van der Waals surface area contributed by atoms with Gasteiger partial charge < -0.3 is 10.6 Å². The summed E-state index contributed by atoms with van der Waals surface area (Å²) in [4.78, 5) is 28.8. The van der Waals surface area contributed by atoms with Crippen molar-refractivity contribution in [1.82, 2.24) is 4.98 Å². The van der Waals surface area contributed by atoms with Gasteiger partial charge in [-0.25, -0.2) is 8.78 Å². The number of anilines is 2. The molecule has 0 aliphatic carbocycles. The monoisotopic (exact) mass is 395 g/mol. The van der Waals surface area contributed by atoms with Gasteiger partial charge in [0.25, 0.3) is 11.8 Å². The molecule has 1 heterocycles. The van der Waals surface area contributed by atoms with Crippen LogP contribution in [-0.2, 0) is 0 Å². The lowest BCUT2D eigenvalue weighted by Crippen LogP contribution is -2.18. The van der Waals surface area contributed by atoms with E-state index in [9.17, 15) is 18.4 Å². The molecule has 0 saturated heterocycles. The molecule has 0 unspecified atom stereocenters. The first kappa shape index (κ1) is 20.1. The zero-order valence-corrected chi connectivity index (χ0v) is 15.9. The number of nitrogens with one attached hydrogen (secondary N) is 2. The molecule has 1 aromatic heterocycles. The predicted molar refractivity (Wildman–Crippen MR) is 107 cm³/mol. The molecule has 3 rings (SSSR count). The average Bonchev–Trinajstić information content (AvgIpc) is 2.71. The van der Waals surface area contributed by atoms with Crippen molar-refractivity contribution in [1.29, 1.82) is 0 Å². The molecular weight excluding hydrogens is 376 g/mol. The Labute approximate surface area is 166 Å². The van der Waals surface area contributed by atoms with Gasteiger partial charge in [-0.15, -0.1) is 0 Å². The van der Waals surface area contributed by atoms with Crippen molar-refractivity contribution in [2.45, 2.75) is 19.8 Å². The van der Waals surface area contributed by atoms with Gasteiger partial charge in [-0.05, 0) is 47.9 Å². The Morgan fingerprint density at radius 2 is 1.55 bits per heavy atom. The van der Waals surface area contributed by atoms with Crippen molar-refractivity contribution >= 4 is 23.2 Å². The highest BCUT2D eigenvalue weighted by Crippen LogP contribution is 2.20. The number of halogens is 2. The summed E-state index contributed by atoms with van der Waals surface area (Å²) in [6.07, 6.45) is 1.28. The average molecular weight is 395 g/mol. The molecule has 0 radical (unpaired) electrons. The van der Waals surface area contributed by atoms with Crippen LogP contribution in [0.2, 0.25) is 0 Å². The highest BCUT2D eigenvalue weighted by molar-refractivity contribution is 6.07. The zero-order valence-electron chi connectivity index (χ0n) is 15.9. The van der Waals surface area contributed by atoms with Crippen LogP contribution in [0, 0.1) is 11.6 Å². The number of amides is 2. The van der Waals surface area contributed by atoms with Crippen molar-refractivity contribution in [3.8, 4) is 0 Å². The van der Waals surface area contributed by atoms with E-state index >= 15 is 0 Å². The maximum atomic E-state index is 13.7. The van der Waals surface area contributed by atoms with Crippen LogP contribution in [-0.4, -0.2) is 16.8 Å². The van der Waals surface area contributed by atoms with Crippen molar-refractivity contribution in [2.24, 2.45) is 0 Å². The number of rotatable bonds is 5. The van der Waals surface area contributed by atoms with E-state index in [2.05, 4.69) is 29.5 Å². The summed E-state index contributed by atoms with van der Waals surface area (Å²) >= 11 is 0. The van der Waals surface area contributed by atoms with Gasteiger partial charge in [-0.1, -0.05) is 32.0 Å². The second-order valence-corrected chi connectivity index (χ2v) is 6.71. The van der Waals surface area contributed by atoms with Gasteiger partial charge in [-0.2, -0.15) is 0 Å². The van der Waals surface area contributed by atoms with Gasteiger partial charge in [0.15, 0.2) is 0 Å². The SMILES string of the molecule is CC(C)c1ccc(NC(=O)c2cc(C(=O)Nc3c(F)cccc3F)ccn2)cc1. The minimum atomic E-state index is -0.893. The van der Waals surface area contributed by atoms with Gasteiger partial charge >= 0.3 is 0 Å². The van der Waals surface area contributed by atoms with Crippen LogP contribution >= 0.6 is 0 Å². The summed E-state index contributed by atoms with van der Waals surface area (Å²) in [5.74, 6) is -2.68. The maximum absolute atomic E-state index is 13.7. The van der Waals surface area contributed by atoms with E-state index in [-0.39, 0.29) is 11.3 Å². The molecule has 2 N–H and O–H groups in total. The number of aromatic nitrogens is 1. The van der Waals surface area contributed by atoms with Crippen LogP contribution in [0.4, 0.5) is 20.2 Å². The molecule has 7 heteroatoms. The highest BCUT2D eigenvalue weighted by atomic mass is 19.1. The van der Waals surface area contributed by atoms with Gasteiger partial charge in [0.2, 0.25) is 0 Å². The molecule has 0 spiro atoms. The lowest BCUT2D eigenvalue weighted by Gasteiger charge is -2.10. The van der Waals surface area contributed by atoms with E-state index in [0.29, 0.717) is 11.6 Å². The molecule has 0 fully saturated rings. The zero-order chi connectivity index (χ0) is 21.0. The second-order valence-electron chi connectivity index (χ2n) is 6.71. The second kappa shape index (κ2) is 8.60. The molecule has 2 amide bonds. The summed E-state index contributed by atoms with van der Waals surface area (Å²) in [6, 6.07) is 13.3. The minimum Gasteiger partial charge on any atom is -0.321 e. The Bertz CT molecular complexity index is 1030. The Morgan fingerprint density at radius 1 is 0.897 bits per heavy atom. The summed E-state index contributed by atoms with van der Waals surface area (Å²) in [5, 5.41) is 4.88. The number of carbonyl (C=O) groups excluding carboxylic acids is 2. The van der Waals surface area contributed by atoms with Gasteiger partial charge in [0.1, 0.15) is 23.0 Å². The molecule has 29 heavy (non-hydrogen) atoms. The number of pyridine rings is 1. The van der Waals surface area contributed by atoms with E-state index in [0.717, 1.165) is 17.7 Å². The molecule has 0 saturated carbocycles. The quantitative estimate of drug-likeness (QED) is 0.640. The fourth-order valence-electron chi connectivity index (χ4n) is 2.65. The number of hydrogen-bond donors (Lipinski definition) is 2. The lowest BCUT2D eigenvalue weighted by atomic mass is 10.0. The smallest absolute Gasteiger partial charge is 0.274 e. The van der Waals surface area contributed by atoms with Crippen molar-refractivity contribution < 1.29 is 18.4 Å². The summed E-state index contributed by atoms with van der Waals surface area (Å²) < 4.78 is 27.4. The molecule has 5 nitrogen and oxygen atoms in total. The molecule has 3 aromatic rings. The normalized spacial score (nSPS) is 10.7. The van der Waals surface area contributed by atoms with Crippen LogP contribution in [0.25, 0.3) is 0 Å². The topological polar surface area (TPSA) is 71.1 Å². The van der Waals surface area contributed by atoms with E-state index in [4.69, 9.17) is 0 Å². The van der Waals surface area contributed by atoms with Crippen LogP contribution in [0.1, 0.15) is 46.2 Å². The van der Waals surface area contributed by atoms with Crippen molar-refractivity contribution in [2.75, 3.05) is 10.6 Å². The van der Waals surface area contributed by atoms with E-state index < -0.39 is 29.1 Å². The van der Waals surface area contributed by atoms with Crippen LogP contribution < -0.4 is 10.6 Å². The largest absolute Gasteiger partial charge is 0.321 e. The third-order valence-electron chi connectivity index (χ3n) is 4.29. The molecule has 0 aliphatic rings. The van der Waals surface area contributed by atoms with E-state index in [1.807, 2.05) is 12.1 Å². The molecule has 0 aliphatic heterocycles. The van der Waals surface area contributed by atoms with Crippen LogP contribution in [0.15, 0.2) is 60.8 Å². The molecule has 0 atom stereocenters. The predicted octanol–water partition coefficient (Wildman–Crippen LogP) is 4.99. The lowest BCUT2D eigenvalue weighted by molar-refractivity contribution is 0.102. The number of benzene rings is 2. The first-order valence-electron chi connectivity index (χ1n) is 8.98. The fraction of sp³-hybridized carbons (Fsp3) is 0.136. The number of nitrogens with zero attached hydrogens (tertiary/aromatic N) is 1. The Morgan fingerprint density at radius 3 is 2.17 bits per heavy atom. The van der Waals surface area contributed by atoms with E-state index in [1.165, 1.54) is 24.4 Å². The van der Waals surface area contributed by atoms with Gasteiger partial charge in [0.05, 0.1) is 0 Å². The number of hydrogen-bond acceptors (Lipinski definition) is 3. The van der Waals surface area contributed by atoms with Crippen molar-refractivity contribution in [3.63, 3.8) is 0 Å². The van der Waals surface area contributed by atoms with Crippen molar-refractivity contribution in [3.05, 3.63) is 89.2 Å². The summed E-state index contributed by atoms with van der Waals surface area (Å²) in [5.41, 5.74) is 1.22. The minimum absolute atomic E-state index is 0.000378. The maximum Gasteiger partial charge on any atom is 0.274 e. The van der Waals surface area contributed by atoms with Gasteiger partial charge in [-0.3, -0.25) is 14.6 Å². The number of carbonyl (C=O) groups is 2. The van der Waals surface area contributed by atoms with Crippen LogP contribution in [0.3, 0.4) is 0 Å². The molecular formula is C22H19F2N3O2. The fourth-order valence-corrected chi connectivity index (χ4v) is 2.65. The third kappa shape index (κ3) is 4.82. The first-order valence-corrected chi connectivity index (χ1v) is 8.98. The Hall–Kier alpha value is -3.61. The highest BCUT2D eigenvalue weighted by Gasteiger charge is 2.16. The van der Waals surface area contributed by atoms with Crippen LogP contribution in [0.5, 0.6) is 0 Å². The molecule has 148 valence electrons. The standard InChI is InChI=1S/C22H19F2N3O2/c1-13(2)14-6-8-16(9-7-14)26-22(29)19-12-15(10-11-25-19)21(28)27-20-17(23)4-3-5-18(20)24/h3-13H,1-2H3,(H,26,29)(H,27,28). The molecule has 2 aromatic carbocycles. The first-order chi connectivity index (χ1) is 13.8. The Balaban J connectivity index is 1.74. The number of para-hydroxylation sites is 1. The summed E-state index contributed by atoms with van der Waals surface area (Å²) in [6.45, 7) is 4.14. The van der Waals surface area contributed by atoms with Gasteiger partial charge in [0, 0.05) is 17.4 Å².